The van der Waals surface area contributed by atoms with Crippen LogP contribution in [-0.4, -0.2) is 35.1 Å². The molecule has 25 heavy (non-hydrogen) atoms. The van der Waals surface area contributed by atoms with Gasteiger partial charge in [0.25, 0.3) is 5.91 Å². The smallest absolute Gasteiger partial charge is 0.250 e. The van der Waals surface area contributed by atoms with E-state index in [-0.39, 0.29) is 17.4 Å². The number of fused-ring (bicyclic) bond motifs is 1. The number of phenols is 1. The summed E-state index contributed by atoms with van der Waals surface area (Å²) in [5.74, 6) is 0.416. The number of aromatic hydroxyl groups is 1. The summed E-state index contributed by atoms with van der Waals surface area (Å²) in [4.78, 5) is 16.3. The maximum absolute atomic E-state index is 11.9. The molecule has 2 aromatic carbocycles. The highest BCUT2D eigenvalue weighted by atomic mass is 32.2. The summed E-state index contributed by atoms with van der Waals surface area (Å²) < 4.78 is 6.97. The van der Waals surface area contributed by atoms with Crippen molar-refractivity contribution in [3.63, 3.8) is 0 Å². The molecule has 0 saturated heterocycles. The zero-order valence-corrected chi connectivity index (χ0v) is 14.9. The van der Waals surface area contributed by atoms with Crippen LogP contribution in [-0.2, 0) is 4.79 Å². The van der Waals surface area contributed by atoms with Gasteiger partial charge in [-0.3, -0.25) is 4.79 Å². The number of rotatable bonds is 6. The van der Waals surface area contributed by atoms with Crippen LogP contribution in [0, 0.1) is 0 Å². The van der Waals surface area contributed by atoms with Crippen LogP contribution in [0.1, 0.15) is 5.56 Å². The number of phenolic OH excluding ortho intramolecular Hbond substituents is 1. The summed E-state index contributed by atoms with van der Waals surface area (Å²) in [5.41, 5.74) is 4.11. The molecule has 0 aliphatic carbocycles. The third-order valence-electron chi connectivity index (χ3n) is 3.21. The first-order valence-corrected chi connectivity index (χ1v) is 9.13. The molecule has 3 rings (SSSR count). The summed E-state index contributed by atoms with van der Waals surface area (Å²) in [5, 5.41) is 13.4. The molecule has 3 aromatic rings. The van der Waals surface area contributed by atoms with Crippen LogP contribution in [0.4, 0.5) is 0 Å². The van der Waals surface area contributed by atoms with Crippen molar-refractivity contribution in [2.75, 3.05) is 12.9 Å². The molecular formula is C17H15N3O3S2. The third-order valence-corrected chi connectivity index (χ3v) is 5.39. The molecule has 2 N–H and O–H groups in total. The highest BCUT2D eigenvalue weighted by Crippen LogP contribution is 2.29. The van der Waals surface area contributed by atoms with E-state index in [1.807, 2.05) is 24.3 Å². The van der Waals surface area contributed by atoms with Gasteiger partial charge in [0.05, 0.1) is 29.3 Å². The fourth-order valence-corrected chi connectivity index (χ4v) is 3.89. The zero-order valence-electron chi connectivity index (χ0n) is 13.3. The number of thiazole rings is 1. The van der Waals surface area contributed by atoms with Crippen LogP contribution in [0.5, 0.6) is 11.5 Å². The van der Waals surface area contributed by atoms with Gasteiger partial charge in [0.1, 0.15) is 0 Å². The van der Waals surface area contributed by atoms with Gasteiger partial charge >= 0.3 is 0 Å². The highest BCUT2D eigenvalue weighted by Gasteiger charge is 2.07. The minimum absolute atomic E-state index is 0.0518. The molecule has 0 atom stereocenters. The number of hydrogen-bond acceptors (Lipinski definition) is 7. The van der Waals surface area contributed by atoms with Crippen molar-refractivity contribution in [3.05, 3.63) is 48.0 Å². The Morgan fingerprint density at radius 1 is 1.40 bits per heavy atom. The lowest BCUT2D eigenvalue weighted by molar-refractivity contribution is -0.118. The number of methoxy groups -OCH3 is 1. The minimum atomic E-state index is -0.216. The Labute approximate surface area is 152 Å². The van der Waals surface area contributed by atoms with Crippen LogP contribution in [0.15, 0.2) is 51.9 Å². The van der Waals surface area contributed by atoms with Crippen LogP contribution >= 0.6 is 23.1 Å². The van der Waals surface area contributed by atoms with Crippen LogP contribution < -0.4 is 10.2 Å². The number of amides is 1. The molecular weight excluding hydrogens is 358 g/mol. The molecule has 0 aliphatic rings. The second-order valence-electron chi connectivity index (χ2n) is 4.96. The van der Waals surface area contributed by atoms with Gasteiger partial charge < -0.3 is 9.84 Å². The van der Waals surface area contributed by atoms with E-state index in [0.717, 1.165) is 14.6 Å². The lowest BCUT2D eigenvalue weighted by Crippen LogP contribution is -2.19. The Morgan fingerprint density at radius 3 is 3.04 bits per heavy atom. The molecule has 0 radical (unpaired) electrons. The fraction of sp³-hybridized carbons (Fsp3) is 0.118. The molecule has 0 fully saturated rings. The SMILES string of the molecule is COc1cc(/C=N\NC(=O)CSc2nc3ccccc3s2)ccc1O. The van der Waals surface area contributed by atoms with Crippen molar-refractivity contribution in [1.82, 2.24) is 10.4 Å². The quantitative estimate of drug-likeness (QED) is 0.394. The Hall–Kier alpha value is -2.58. The molecule has 0 bridgehead atoms. The largest absolute Gasteiger partial charge is 0.504 e. The number of aromatic nitrogens is 1. The lowest BCUT2D eigenvalue weighted by Gasteiger charge is -2.03. The standard InChI is InChI=1S/C17H15N3O3S2/c1-23-14-8-11(6-7-13(14)21)9-18-20-16(22)10-24-17-19-12-4-2-3-5-15(12)25-17/h2-9,21H,10H2,1H3,(H,20,22)/b18-9-. The van der Waals surface area contributed by atoms with Crippen molar-refractivity contribution in [2.24, 2.45) is 5.10 Å². The zero-order chi connectivity index (χ0) is 17.6. The average Bonchev–Trinajstić information content (AvgIpc) is 3.04. The summed E-state index contributed by atoms with van der Waals surface area (Å²) in [6.07, 6.45) is 1.49. The second kappa shape index (κ2) is 8.00. The number of thioether (sulfide) groups is 1. The van der Waals surface area contributed by atoms with Crippen LogP contribution in [0.2, 0.25) is 0 Å². The summed E-state index contributed by atoms with van der Waals surface area (Å²) in [7, 11) is 1.47. The van der Waals surface area contributed by atoms with E-state index in [1.54, 1.807) is 23.5 Å². The van der Waals surface area contributed by atoms with E-state index in [1.165, 1.54) is 31.2 Å². The van der Waals surface area contributed by atoms with Crippen molar-refractivity contribution in [1.29, 1.82) is 0 Å². The minimum Gasteiger partial charge on any atom is -0.504 e. The highest BCUT2D eigenvalue weighted by molar-refractivity contribution is 8.01. The number of carbonyl (C=O) groups is 1. The van der Waals surface area contributed by atoms with E-state index in [2.05, 4.69) is 15.5 Å². The Morgan fingerprint density at radius 2 is 2.24 bits per heavy atom. The number of nitrogens with one attached hydrogen (secondary N) is 1. The first kappa shape index (κ1) is 17.2. The molecule has 0 saturated carbocycles. The molecule has 8 heteroatoms. The number of carbonyl (C=O) groups excluding carboxylic acids is 1. The first-order valence-electron chi connectivity index (χ1n) is 7.33. The normalized spacial score (nSPS) is 11.1. The Bertz CT molecular complexity index is 891. The number of hydrazone groups is 1. The van der Waals surface area contributed by atoms with Gasteiger partial charge in [0, 0.05) is 0 Å². The molecule has 0 unspecified atom stereocenters. The first-order chi connectivity index (χ1) is 12.2. The number of hydrogen-bond donors (Lipinski definition) is 2. The molecule has 0 spiro atoms. The van der Waals surface area contributed by atoms with Gasteiger partial charge in [-0.1, -0.05) is 23.9 Å². The number of ether oxygens (including phenoxy) is 1. The summed E-state index contributed by atoms with van der Waals surface area (Å²) >= 11 is 2.94. The van der Waals surface area contributed by atoms with Crippen LogP contribution in [0.25, 0.3) is 10.2 Å². The maximum atomic E-state index is 11.9. The predicted octanol–water partition coefficient (Wildman–Crippen LogP) is 3.25. The van der Waals surface area contributed by atoms with Gasteiger partial charge in [0.2, 0.25) is 0 Å². The molecule has 1 aromatic heterocycles. The van der Waals surface area contributed by atoms with E-state index in [0.29, 0.717) is 11.3 Å². The predicted molar refractivity (Wildman–Crippen MR) is 101 cm³/mol. The molecule has 128 valence electrons. The molecule has 1 heterocycles. The van der Waals surface area contributed by atoms with Gasteiger partial charge in [-0.2, -0.15) is 5.10 Å². The maximum Gasteiger partial charge on any atom is 0.250 e. The third kappa shape index (κ3) is 4.49. The number of benzene rings is 2. The second-order valence-corrected chi connectivity index (χ2v) is 7.21. The van der Waals surface area contributed by atoms with Gasteiger partial charge in [-0.15, -0.1) is 11.3 Å². The van der Waals surface area contributed by atoms with Crippen LogP contribution in [0.3, 0.4) is 0 Å². The van der Waals surface area contributed by atoms with Gasteiger partial charge in [-0.25, -0.2) is 10.4 Å². The fourth-order valence-electron chi connectivity index (χ4n) is 2.03. The molecule has 6 nitrogen and oxygen atoms in total. The van der Waals surface area contributed by atoms with E-state index in [9.17, 15) is 9.90 Å². The molecule has 0 aliphatic heterocycles. The monoisotopic (exact) mass is 373 g/mol. The topological polar surface area (TPSA) is 83.8 Å². The summed E-state index contributed by atoms with van der Waals surface area (Å²) in [6, 6.07) is 12.7. The number of nitrogens with zero attached hydrogens (tertiary/aromatic N) is 2. The summed E-state index contributed by atoms with van der Waals surface area (Å²) in [6.45, 7) is 0. The van der Waals surface area contributed by atoms with E-state index >= 15 is 0 Å². The van der Waals surface area contributed by atoms with Crippen molar-refractivity contribution in [2.45, 2.75) is 4.34 Å². The van der Waals surface area contributed by atoms with Gasteiger partial charge in [-0.05, 0) is 35.9 Å². The van der Waals surface area contributed by atoms with Crippen molar-refractivity contribution < 1.29 is 14.6 Å². The number of para-hydroxylation sites is 1. The van der Waals surface area contributed by atoms with Gasteiger partial charge in [0.15, 0.2) is 15.8 Å². The Kier molecular flexibility index (Phi) is 5.52. The van der Waals surface area contributed by atoms with Crippen molar-refractivity contribution in [3.8, 4) is 11.5 Å². The van der Waals surface area contributed by atoms with E-state index in [4.69, 9.17) is 4.74 Å². The average molecular weight is 373 g/mol. The Balaban J connectivity index is 1.52. The van der Waals surface area contributed by atoms with Crippen molar-refractivity contribution >= 4 is 45.4 Å². The lowest BCUT2D eigenvalue weighted by atomic mass is 10.2. The van der Waals surface area contributed by atoms with E-state index < -0.39 is 0 Å². The molecule has 1 amide bonds.